The molecule has 0 spiro atoms. The van der Waals surface area contributed by atoms with E-state index < -0.39 is 0 Å². The lowest BCUT2D eigenvalue weighted by molar-refractivity contribution is -0.116. The summed E-state index contributed by atoms with van der Waals surface area (Å²) < 4.78 is 5.38. The van der Waals surface area contributed by atoms with Crippen molar-refractivity contribution >= 4 is 29.3 Å². The molecule has 1 aromatic rings. The van der Waals surface area contributed by atoms with Crippen molar-refractivity contribution in [3.63, 3.8) is 0 Å². The number of carbonyl (C=O) groups is 2. The quantitative estimate of drug-likeness (QED) is 0.804. The van der Waals surface area contributed by atoms with Crippen LogP contribution in [0.4, 0.5) is 5.69 Å². The fraction of sp³-hybridized carbons (Fsp3) is 0.474. The molecule has 1 aromatic carbocycles. The number of carbonyl (C=O) groups excluding carboxylic acids is 2. The number of amides is 2. The van der Waals surface area contributed by atoms with Gasteiger partial charge in [0.2, 0.25) is 0 Å². The summed E-state index contributed by atoms with van der Waals surface area (Å²) >= 11 is 1.55. The molecule has 5 nitrogen and oxygen atoms in total. The van der Waals surface area contributed by atoms with E-state index in [1.54, 1.807) is 29.3 Å². The first-order valence-electron chi connectivity index (χ1n) is 8.90. The predicted molar refractivity (Wildman–Crippen MR) is 101 cm³/mol. The van der Waals surface area contributed by atoms with Gasteiger partial charge >= 0.3 is 0 Å². The van der Waals surface area contributed by atoms with Crippen LogP contribution in [0.25, 0.3) is 0 Å². The second-order valence-electron chi connectivity index (χ2n) is 6.36. The second-order valence-corrected chi connectivity index (χ2v) is 7.34. The number of hydrogen-bond donors (Lipinski definition) is 2. The van der Waals surface area contributed by atoms with Crippen molar-refractivity contribution < 1.29 is 14.3 Å². The van der Waals surface area contributed by atoms with Crippen LogP contribution in [0.5, 0.6) is 0 Å². The Bertz CT molecular complexity index is 652. The third-order valence-electron chi connectivity index (χ3n) is 4.48. The first-order valence-corrected chi connectivity index (χ1v) is 9.95. The average Bonchev–Trinajstić information content (AvgIpc) is 2.91. The van der Waals surface area contributed by atoms with Crippen LogP contribution in [0.15, 0.2) is 35.4 Å². The lowest BCUT2D eigenvalue weighted by Gasteiger charge is -2.18. The summed E-state index contributed by atoms with van der Waals surface area (Å²) in [6, 6.07) is 7.33. The van der Waals surface area contributed by atoms with E-state index >= 15 is 0 Å². The van der Waals surface area contributed by atoms with Crippen molar-refractivity contribution in [3.8, 4) is 0 Å². The predicted octanol–water partition coefficient (Wildman–Crippen LogP) is 3.68. The Labute approximate surface area is 152 Å². The van der Waals surface area contributed by atoms with Gasteiger partial charge in [-0.25, -0.2) is 0 Å². The van der Waals surface area contributed by atoms with Crippen LogP contribution in [0.2, 0.25) is 0 Å². The van der Waals surface area contributed by atoms with E-state index in [9.17, 15) is 9.59 Å². The van der Waals surface area contributed by atoms with Crippen molar-refractivity contribution in [2.24, 2.45) is 0 Å². The van der Waals surface area contributed by atoms with Gasteiger partial charge in [-0.1, -0.05) is 37.8 Å². The third-order valence-corrected chi connectivity index (χ3v) is 5.27. The standard InChI is InChI=1S/C19H24N2O3S/c22-18(20-14-7-3-1-2-4-8-14)15-9-5-6-10-16(15)21-19(23)17-13-25-12-11-24-17/h5-6,9-10,13-14H,1-4,7-8,11-12H2,(H,20,22)(H,21,23). The highest BCUT2D eigenvalue weighted by Crippen LogP contribution is 2.21. The van der Waals surface area contributed by atoms with Crippen LogP contribution in [-0.4, -0.2) is 30.2 Å². The fourth-order valence-corrected chi connectivity index (χ4v) is 3.77. The highest BCUT2D eigenvalue weighted by Gasteiger charge is 2.20. The van der Waals surface area contributed by atoms with E-state index in [2.05, 4.69) is 10.6 Å². The molecule has 0 unspecified atom stereocenters. The number of thioether (sulfide) groups is 1. The van der Waals surface area contributed by atoms with E-state index in [0.29, 0.717) is 23.6 Å². The van der Waals surface area contributed by atoms with Gasteiger partial charge in [0, 0.05) is 17.2 Å². The molecule has 134 valence electrons. The molecule has 6 heteroatoms. The Morgan fingerprint density at radius 1 is 1.04 bits per heavy atom. The van der Waals surface area contributed by atoms with Gasteiger partial charge in [0.25, 0.3) is 11.8 Å². The minimum Gasteiger partial charge on any atom is -0.487 e. The van der Waals surface area contributed by atoms with Gasteiger partial charge in [0.05, 0.1) is 17.9 Å². The molecule has 1 aliphatic carbocycles. The van der Waals surface area contributed by atoms with Crippen LogP contribution in [-0.2, 0) is 9.53 Å². The van der Waals surface area contributed by atoms with E-state index in [0.717, 1.165) is 31.4 Å². The number of ether oxygens (including phenoxy) is 1. The van der Waals surface area contributed by atoms with Gasteiger partial charge < -0.3 is 15.4 Å². The molecular weight excluding hydrogens is 336 g/mol. The number of nitrogens with one attached hydrogen (secondary N) is 2. The zero-order valence-electron chi connectivity index (χ0n) is 14.3. The lowest BCUT2D eigenvalue weighted by Crippen LogP contribution is -2.35. The van der Waals surface area contributed by atoms with Gasteiger partial charge in [0.15, 0.2) is 5.76 Å². The lowest BCUT2D eigenvalue weighted by atomic mass is 10.1. The SMILES string of the molecule is O=C(Nc1ccccc1C(=O)NC1CCCCCC1)C1=CSCCO1. The van der Waals surface area contributed by atoms with E-state index in [1.807, 2.05) is 12.1 Å². The largest absolute Gasteiger partial charge is 0.487 e. The molecule has 2 amide bonds. The number of anilines is 1. The molecule has 1 saturated carbocycles. The Hall–Kier alpha value is -1.95. The third kappa shape index (κ3) is 5.01. The van der Waals surface area contributed by atoms with Crippen LogP contribution < -0.4 is 10.6 Å². The van der Waals surface area contributed by atoms with Crippen molar-refractivity contribution in [2.75, 3.05) is 17.7 Å². The molecule has 25 heavy (non-hydrogen) atoms. The summed E-state index contributed by atoms with van der Waals surface area (Å²) in [5.74, 6) is 0.699. The maximum absolute atomic E-state index is 12.7. The first kappa shape index (κ1) is 17.9. The molecule has 1 heterocycles. The summed E-state index contributed by atoms with van der Waals surface area (Å²) in [6.45, 7) is 0.522. The molecule has 3 rings (SSSR count). The van der Waals surface area contributed by atoms with Gasteiger partial charge in [0.1, 0.15) is 0 Å². The highest BCUT2D eigenvalue weighted by atomic mass is 32.2. The normalized spacial score (nSPS) is 18.5. The fourth-order valence-electron chi connectivity index (χ4n) is 3.15. The monoisotopic (exact) mass is 360 g/mol. The van der Waals surface area contributed by atoms with Gasteiger partial charge in [-0.05, 0) is 25.0 Å². The van der Waals surface area contributed by atoms with Crippen molar-refractivity contribution in [3.05, 3.63) is 41.0 Å². The zero-order valence-corrected chi connectivity index (χ0v) is 15.1. The van der Waals surface area contributed by atoms with Crippen molar-refractivity contribution in [1.29, 1.82) is 0 Å². The van der Waals surface area contributed by atoms with Gasteiger partial charge in [-0.3, -0.25) is 9.59 Å². The Kier molecular flexibility index (Phi) is 6.39. The van der Waals surface area contributed by atoms with Gasteiger partial charge in [-0.2, -0.15) is 0 Å². The number of para-hydroxylation sites is 1. The van der Waals surface area contributed by atoms with E-state index in [4.69, 9.17) is 4.74 Å². The summed E-state index contributed by atoms with van der Waals surface area (Å²) in [6.07, 6.45) is 6.85. The molecule has 0 bridgehead atoms. The number of hydrogen-bond acceptors (Lipinski definition) is 4. The number of benzene rings is 1. The smallest absolute Gasteiger partial charge is 0.291 e. The summed E-state index contributed by atoms with van der Waals surface area (Å²) in [5, 5.41) is 7.65. The highest BCUT2D eigenvalue weighted by molar-refractivity contribution is 8.02. The maximum atomic E-state index is 12.7. The molecule has 0 atom stereocenters. The summed E-state index contributed by atoms with van der Waals surface area (Å²) in [5.41, 5.74) is 1.00. The molecule has 0 aromatic heterocycles. The topological polar surface area (TPSA) is 67.4 Å². The van der Waals surface area contributed by atoms with E-state index in [-0.39, 0.29) is 17.9 Å². The molecule has 2 N–H and O–H groups in total. The van der Waals surface area contributed by atoms with Crippen molar-refractivity contribution in [1.82, 2.24) is 5.32 Å². The zero-order chi connectivity index (χ0) is 17.5. The summed E-state index contributed by atoms with van der Waals surface area (Å²) in [4.78, 5) is 25.0. The minimum atomic E-state index is -0.318. The molecule has 0 saturated heterocycles. The average molecular weight is 360 g/mol. The Morgan fingerprint density at radius 3 is 2.52 bits per heavy atom. The summed E-state index contributed by atoms with van der Waals surface area (Å²) in [7, 11) is 0. The maximum Gasteiger partial charge on any atom is 0.291 e. The van der Waals surface area contributed by atoms with E-state index in [1.165, 1.54) is 12.8 Å². The van der Waals surface area contributed by atoms with Gasteiger partial charge in [-0.15, -0.1) is 11.8 Å². The molecular formula is C19H24N2O3S. The second kappa shape index (κ2) is 8.94. The van der Waals surface area contributed by atoms with Crippen LogP contribution >= 0.6 is 11.8 Å². The van der Waals surface area contributed by atoms with Crippen molar-refractivity contribution in [2.45, 2.75) is 44.6 Å². The first-order chi connectivity index (χ1) is 12.2. The van der Waals surface area contributed by atoms with Crippen LogP contribution in [0.1, 0.15) is 48.9 Å². The molecule has 2 aliphatic rings. The Balaban J connectivity index is 1.68. The molecule has 1 aliphatic heterocycles. The molecule has 0 radical (unpaired) electrons. The Morgan fingerprint density at radius 2 is 1.80 bits per heavy atom. The van der Waals surface area contributed by atoms with Crippen LogP contribution in [0.3, 0.4) is 0 Å². The number of rotatable bonds is 4. The molecule has 1 fully saturated rings. The van der Waals surface area contributed by atoms with Crippen LogP contribution in [0, 0.1) is 0 Å². The minimum absolute atomic E-state index is 0.129.